The molecular formula is C46H27N3OS. The number of hydrogen-bond donors (Lipinski definition) is 0. The van der Waals surface area contributed by atoms with Gasteiger partial charge in [-0.3, -0.25) is 0 Å². The van der Waals surface area contributed by atoms with Crippen molar-refractivity contribution in [2.24, 2.45) is 0 Å². The average Bonchev–Trinajstić information content (AvgIpc) is 3.72. The molecule has 1 aliphatic heterocycles. The lowest BCUT2D eigenvalue weighted by Gasteiger charge is -2.39. The van der Waals surface area contributed by atoms with Crippen molar-refractivity contribution in [1.82, 2.24) is 15.0 Å². The highest BCUT2D eigenvalue weighted by Gasteiger charge is 2.50. The van der Waals surface area contributed by atoms with Gasteiger partial charge < -0.3 is 4.74 Å². The largest absolute Gasteiger partial charge is 0.457 e. The van der Waals surface area contributed by atoms with E-state index >= 15 is 0 Å². The van der Waals surface area contributed by atoms with Gasteiger partial charge in [-0.1, -0.05) is 140 Å². The first-order valence-corrected chi connectivity index (χ1v) is 17.9. The summed E-state index contributed by atoms with van der Waals surface area (Å²) >= 11 is 1.79. The van der Waals surface area contributed by atoms with E-state index in [4.69, 9.17) is 19.7 Å². The first-order chi connectivity index (χ1) is 25.3. The van der Waals surface area contributed by atoms with Gasteiger partial charge in [0, 0.05) is 48.0 Å². The molecule has 1 spiro atoms. The van der Waals surface area contributed by atoms with Crippen molar-refractivity contribution < 1.29 is 4.74 Å². The predicted molar refractivity (Wildman–Crippen MR) is 206 cm³/mol. The van der Waals surface area contributed by atoms with Crippen molar-refractivity contribution in [3.63, 3.8) is 0 Å². The Balaban J connectivity index is 1.12. The molecule has 0 bridgehead atoms. The maximum absolute atomic E-state index is 6.79. The summed E-state index contributed by atoms with van der Waals surface area (Å²) in [6.07, 6.45) is 0. The molecule has 0 unspecified atom stereocenters. The van der Waals surface area contributed by atoms with Gasteiger partial charge in [-0.25, -0.2) is 15.0 Å². The standard InChI is InChI=1S/C46H27N3OS/c1-2-12-28(13-3-1)43-47-44(49-45(48-43)30-22-24-34-33-16-6-11-21-41(33)51-42(34)27-30)29-23-25-38-40(26-29)50-39-20-10-9-19-37(39)46(38)35-17-7-4-14-31(35)32-15-5-8-18-36(32)46/h1-27H. The van der Waals surface area contributed by atoms with E-state index < -0.39 is 5.41 Å². The lowest BCUT2D eigenvalue weighted by atomic mass is 9.66. The number of hydrogen-bond acceptors (Lipinski definition) is 5. The molecule has 1 aliphatic carbocycles. The highest BCUT2D eigenvalue weighted by atomic mass is 32.1. The topological polar surface area (TPSA) is 47.9 Å². The van der Waals surface area contributed by atoms with Crippen LogP contribution in [0, 0.1) is 0 Å². The van der Waals surface area contributed by atoms with Crippen LogP contribution < -0.4 is 4.74 Å². The molecule has 51 heavy (non-hydrogen) atoms. The van der Waals surface area contributed by atoms with Crippen molar-refractivity contribution >= 4 is 31.5 Å². The van der Waals surface area contributed by atoms with Gasteiger partial charge in [0.2, 0.25) is 0 Å². The van der Waals surface area contributed by atoms with Crippen LogP contribution in [-0.2, 0) is 5.41 Å². The molecule has 0 saturated carbocycles. The van der Waals surface area contributed by atoms with Crippen molar-refractivity contribution in [3.8, 4) is 56.8 Å². The third kappa shape index (κ3) is 4.10. The molecule has 238 valence electrons. The van der Waals surface area contributed by atoms with Crippen LogP contribution in [0.3, 0.4) is 0 Å². The minimum Gasteiger partial charge on any atom is -0.457 e. The van der Waals surface area contributed by atoms with Gasteiger partial charge >= 0.3 is 0 Å². The Hall–Kier alpha value is -6.43. The van der Waals surface area contributed by atoms with Crippen LogP contribution in [0.15, 0.2) is 164 Å². The summed E-state index contributed by atoms with van der Waals surface area (Å²) in [5.74, 6) is 3.52. The Morgan fingerprint density at radius 3 is 1.71 bits per heavy atom. The van der Waals surface area contributed by atoms with Crippen LogP contribution in [0.1, 0.15) is 22.3 Å². The van der Waals surface area contributed by atoms with E-state index in [1.54, 1.807) is 11.3 Å². The third-order valence-electron chi connectivity index (χ3n) is 10.4. The Morgan fingerprint density at radius 1 is 0.392 bits per heavy atom. The predicted octanol–water partition coefficient (Wildman–Crippen LogP) is 11.7. The van der Waals surface area contributed by atoms with Crippen LogP contribution in [-0.4, -0.2) is 15.0 Å². The van der Waals surface area contributed by atoms with Gasteiger partial charge in [-0.2, -0.15) is 0 Å². The van der Waals surface area contributed by atoms with Crippen LogP contribution in [0.5, 0.6) is 11.5 Å². The zero-order valence-electron chi connectivity index (χ0n) is 27.2. The summed E-state index contributed by atoms with van der Waals surface area (Å²) in [5.41, 5.74) is 9.53. The zero-order valence-corrected chi connectivity index (χ0v) is 28.1. The van der Waals surface area contributed by atoms with Gasteiger partial charge in [-0.05, 0) is 46.5 Å². The average molecular weight is 670 g/mol. The quantitative estimate of drug-likeness (QED) is 0.188. The maximum atomic E-state index is 6.79. The first-order valence-electron chi connectivity index (χ1n) is 17.1. The molecule has 9 aromatic rings. The van der Waals surface area contributed by atoms with E-state index in [1.807, 2.05) is 36.4 Å². The van der Waals surface area contributed by atoms with Gasteiger partial charge in [0.15, 0.2) is 17.5 Å². The highest BCUT2D eigenvalue weighted by molar-refractivity contribution is 7.25. The van der Waals surface area contributed by atoms with Crippen molar-refractivity contribution in [2.45, 2.75) is 5.41 Å². The molecule has 0 radical (unpaired) electrons. The Kier molecular flexibility index (Phi) is 6.01. The fourth-order valence-electron chi connectivity index (χ4n) is 8.22. The summed E-state index contributed by atoms with van der Waals surface area (Å²) in [7, 11) is 0. The molecule has 0 amide bonds. The molecule has 7 aromatic carbocycles. The Morgan fingerprint density at radius 2 is 0.941 bits per heavy atom. The summed E-state index contributed by atoms with van der Waals surface area (Å²) < 4.78 is 9.27. The van der Waals surface area contributed by atoms with Crippen molar-refractivity contribution in [3.05, 3.63) is 186 Å². The minimum atomic E-state index is -0.519. The summed E-state index contributed by atoms with van der Waals surface area (Å²) in [6, 6.07) is 57.7. The maximum Gasteiger partial charge on any atom is 0.164 e. The van der Waals surface area contributed by atoms with Crippen LogP contribution >= 0.6 is 11.3 Å². The molecule has 3 heterocycles. The SMILES string of the molecule is c1ccc(-c2nc(-c3ccc4c(c3)Oc3ccccc3C43c4ccccc4-c4ccccc43)nc(-c3ccc4c(c3)sc3ccccc34)n2)cc1. The molecular weight excluding hydrogens is 643 g/mol. The monoisotopic (exact) mass is 669 g/mol. The number of nitrogens with zero attached hydrogens (tertiary/aromatic N) is 3. The lowest BCUT2D eigenvalue weighted by Crippen LogP contribution is -2.32. The molecule has 0 N–H and O–H groups in total. The van der Waals surface area contributed by atoms with Gasteiger partial charge in [0.25, 0.3) is 0 Å². The van der Waals surface area contributed by atoms with Crippen LogP contribution in [0.2, 0.25) is 0 Å². The molecule has 0 atom stereocenters. The lowest BCUT2D eigenvalue weighted by molar-refractivity contribution is 0.436. The summed E-state index contributed by atoms with van der Waals surface area (Å²) in [6.45, 7) is 0. The van der Waals surface area contributed by atoms with Crippen molar-refractivity contribution in [2.75, 3.05) is 0 Å². The Bertz CT molecular complexity index is 2810. The number of benzene rings is 7. The smallest absolute Gasteiger partial charge is 0.164 e. The second-order valence-corrected chi connectivity index (χ2v) is 14.2. The second-order valence-electron chi connectivity index (χ2n) is 13.1. The second kappa shape index (κ2) is 10.8. The number of para-hydroxylation sites is 1. The molecule has 11 rings (SSSR count). The number of rotatable bonds is 3. The molecule has 5 heteroatoms. The van der Waals surface area contributed by atoms with E-state index in [0.29, 0.717) is 17.5 Å². The van der Waals surface area contributed by atoms with Crippen molar-refractivity contribution in [1.29, 1.82) is 0 Å². The fourth-order valence-corrected chi connectivity index (χ4v) is 9.36. The van der Waals surface area contributed by atoms with E-state index in [2.05, 4.69) is 127 Å². The number of fused-ring (bicyclic) bond motifs is 12. The van der Waals surface area contributed by atoms with E-state index in [-0.39, 0.29) is 0 Å². The Labute approximate surface area is 298 Å². The number of ether oxygens (including phenoxy) is 1. The number of thiophene rings is 1. The summed E-state index contributed by atoms with van der Waals surface area (Å²) in [5, 5.41) is 2.51. The first kappa shape index (κ1) is 28.4. The molecule has 2 aromatic heterocycles. The number of aromatic nitrogens is 3. The van der Waals surface area contributed by atoms with E-state index in [0.717, 1.165) is 39.3 Å². The summed E-state index contributed by atoms with van der Waals surface area (Å²) in [4.78, 5) is 15.3. The van der Waals surface area contributed by atoms with Gasteiger partial charge in [-0.15, -0.1) is 11.3 Å². The van der Waals surface area contributed by atoms with E-state index in [9.17, 15) is 0 Å². The highest BCUT2D eigenvalue weighted by Crippen LogP contribution is 2.62. The molecule has 2 aliphatic rings. The zero-order chi connectivity index (χ0) is 33.5. The molecule has 4 nitrogen and oxygen atoms in total. The third-order valence-corrected chi connectivity index (χ3v) is 11.5. The molecule has 0 saturated heterocycles. The minimum absolute atomic E-state index is 0.519. The molecule has 0 fully saturated rings. The fraction of sp³-hybridized carbons (Fsp3) is 0.0217. The van der Waals surface area contributed by atoms with Crippen LogP contribution in [0.25, 0.3) is 65.5 Å². The van der Waals surface area contributed by atoms with Gasteiger partial charge in [0.05, 0.1) is 5.41 Å². The van der Waals surface area contributed by atoms with E-state index in [1.165, 1.54) is 42.4 Å². The van der Waals surface area contributed by atoms with Crippen LogP contribution in [0.4, 0.5) is 0 Å². The van der Waals surface area contributed by atoms with Gasteiger partial charge in [0.1, 0.15) is 11.5 Å². The normalized spacial score (nSPS) is 13.4.